The Morgan fingerprint density at radius 2 is 1.96 bits per heavy atom. The molecule has 0 aliphatic carbocycles. The first-order valence-electron chi connectivity index (χ1n) is 8.05. The van der Waals surface area contributed by atoms with Gasteiger partial charge in [0, 0.05) is 7.11 Å². The van der Waals surface area contributed by atoms with Gasteiger partial charge in [0.15, 0.2) is 24.1 Å². The van der Waals surface area contributed by atoms with Crippen LogP contribution < -0.4 is 9.47 Å². The summed E-state index contributed by atoms with van der Waals surface area (Å²) in [5, 5.41) is 20.2. The van der Waals surface area contributed by atoms with E-state index >= 15 is 0 Å². The number of fused-ring (bicyclic) bond motifs is 2. The van der Waals surface area contributed by atoms with Crippen molar-refractivity contribution in [2.75, 3.05) is 20.5 Å². The average molecular weight is 352 g/mol. The van der Waals surface area contributed by atoms with Crippen molar-refractivity contribution in [1.29, 1.82) is 0 Å². The van der Waals surface area contributed by atoms with E-state index in [1.165, 1.54) is 7.11 Å². The molecule has 8 nitrogen and oxygen atoms in total. The standard InChI is InChI=1S/C17H20O8/c1-20-17-15(19)14(18)16-12(24-17)7-21-13(25-16)5-3-9-2-4-10-11(6-9)23-8-22-10/h2-6,12-19H,7-8H2,1H3/t12-,13?,14-,15-,16-,17?/m1/s1. The Hall–Kier alpha value is -1.68. The Morgan fingerprint density at radius 1 is 1.12 bits per heavy atom. The lowest BCUT2D eigenvalue weighted by atomic mass is 9.98. The van der Waals surface area contributed by atoms with Crippen molar-refractivity contribution in [2.24, 2.45) is 0 Å². The summed E-state index contributed by atoms with van der Waals surface area (Å²) < 4.78 is 32.5. The quantitative estimate of drug-likeness (QED) is 0.800. The van der Waals surface area contributed by atoms with Crippen LogP contribution in [0.5, 0.6) is 11.5 Å². The first-order valence-corrected chi connectivity index (χ1v) is 8.05. The second-order valence-electron chi connectivity index (χ2n) is 6.03. The number of benzene rings is 1. The van der Waals surface area contributed by atoms with Gasteiger partial charge in [-0.2, -0.15) is 0 Å². The Balaban J connectivity index is 1.42. The van der Waals surface area contributed by atoms with Crippen LogP contribution in [0.15, 0.2) is 24.3 Å². The Labute approximate surface area is 144 Å². The molecule has 8 heteroatoms. The Kier molecular flexibility index (Phi) is 4.63. The van der Waals surface area contributed by atoms with Gasteiger partial charge in [0.2, 0.25) is 6.79 Å². The molecule has 2 N–H and O–H groups in total. The number of rotatable bonds is 3. The van der Waals surface area contributed by atoms with Crippen LogP contribution in [0.3, 0.4) is 0 Å². The third kappa shape index (κ3) is 3.24. The van der Waals surface area contributed by atoms with Gasteiger partial charge in [-0.25, -0.2) is 0 Å². The number of hydrogen-bond donors (Lipinski definition) is 2. The summed E-state index contributed by atoms with van der Waals surface area (Å²) in [7, 11) is 1.41. The smallest absolute Gasteiger partial charge is 0.231 e. The topological polar surface area (TPSA) is 95.8 Å². The highest BCUT2D eigenvalue weighted by atomic mass is 16.7. The summed E-state index contributed by atoms with van der Waals surface area (Å²) >= 11 is 0. The summed E-state index contributed by atoms with van der Waals surface area (Å²) in [5.41, 5.74) is 0.901. The van der Waals surface area contributed by atoms with Gasteiger partial charge in [-0.1, -0.05) is 12.1 Å². The maximum atomic E-state index is 10.2. The molecule has 136 valence electrons. The van der Waals surface area contributed by atoms with Crippen LogP contribution in [0.1, 0.15) is 5.56 Å². The van der Waals surface area contributed by atoms with E-state index in [1.807, 2.05) is 24.3 Å². The maximum absolute atomic E-state index is 10.2. The maximum Gasteiger partial charge on any atom is 0.231 e. The first-order chi connectivity index (χ1) is 12.2. The Morgan fingerprint density at radius 3 is 2.80 bits per heavy atom. The molecule has 0 aromatic heterocycles. The van der Waals surface area contributed by atoms with E-state index in [0.29, 0.717) is 11.5 Å². The van der Waals surface area contributed by atoms with Gasteiger partial charge in [0.1, 0.15) is 24.4 Å². The molecule has 0 saturated carbocycles. The van der Waals surface area contributed by atoms with Gasteiger partial charge in [-0.3, -0.25) is 0 Å². The fraction of sp³-hybridized carbons (Fsp3) is 0.529. The average Bonchev–Trinajstić information content (AvgIpc) is 3.11. The minimum absolute atomic E-state index is 0.225. The molecule has 2 saturated heterocycles. The number of aliphatic hydroxyl groups is 2. The number of aliphatic hydroxyl groups excluding tert-OH is 2. The van der Waals surface area contributed by atoms with Gasteiger partial charge in [0.05, 0.1) is 6.61 Å². The minimum Gasteiger partial charge on any atom is -0.454 e. The molecule has 0 bridgehead atoms. The van der Waals surface area contributed by atoms with E-state index in [9.17, 15) is 10.2 Å². The molecule has 3 aliphatic rings. The van der Waals surface area contributed by atoms with Gasteiger partial charge >= 0.3 is 0 Å². The van der Waals surface area contributed by atoms with Crippen molar-refractivity contribution < 1.29 is 38.6 Å². The summed E-state index contributed by atoms with van der Waals surface area (Å²) in [5.74, 6) is 1.41. The van der Waals surface area contributed by atoms with Crippen molar-refractivity contribution in [3.05, 3.63) is 29.8 Å². The fourth-order valence-corrected chi connectivity index (χ4v) is 3.09. The van der Waals surface area contributed by atoms with Crippen molar-refractivity contribution in [3.63, 3.8) is 0 Å². The van der Waals surface area contributed by atoms with Crippen LogP contribution in [0.25, 0.3) is 6.08 Å². The third-order valence-electron chi connectivity index (χ3n) is 4.43. The normalized spacial score (nSPS) is 37.2. The number of hydrogen-bond acceptors (Lipinski definition) is 8. The summed E-state index contributed by atoms with van der Waals surface area (Å²) in [6, 6.07) is 5.58. The second kappa shape index (κ2) is 6.91. The monoisotopic (exact) mass is 352 g/mol. The lowest BCUT2D eigenvalue weighted by Crippen LogP contribution is -2.62. The zero-order valence-corrected chi connectivity index (χ0v) is 13.6. The van der Waals surface area contributed by atoms with Crippen LogP contribution >= 0.6 is 0 Å². The third-order valence-corrected chi connectivity index (χ3v) is 4.43. The summed E-state index contributed by atoms with van der Waals surface area (Å²) in [6.45, 7) is 0.452. The van der Waals surface area contributed by atoms with Crippen LogP contribution in [0.4, 0.5) is 0 Å². The minimum atomic E-state index is -1.18. The summed E-state index contributed by atoms with van der Waals surface area (Å²) in [4.78, 5) is 0. The molecular formula is C17H20O8. The molecule has 3 heterocycles. The molecule has 1 aromatic rings. The number of ether oxygens (including phenoxy) is 6. The predicted octanol–water partition coefficient (Wildman–Crippen LogP) is 0.263. The molecular weight excluding hydrogens is 332 g/mol. The molecule has 25 heavy (non-hydrogen) atoms. The largest absolute Gasteiger partial charge is 0.454 e. The van der Waals surface area contributed by atoms with Crippen LogP contribution in [0.2, 0.25) is 0 Å². The highest BCUT2D eigenvalue weighted by Gasteiger charge is 2.48. The molecule has 3 aliphatic heterocycles. The molecule has 1 aromatic carbocycles. The Bertz CT molecular complexity index is 646. The summed E-state index contributed by atoms with van der Waals surface area (Å²) in [6.07, 6.45) is -1.48. The van der Waals surface area contributed by atoms with Crippen LogP contribution in [-0.2, 0) is 18.9 Å². The SMILES string of the molecule is COC1O[C@@H]2COC(C=Cc3ccc4c(c3)OCO4)O[C@H]2[C@H](O)[C@H]1O. The fourth-order valence-electron chi connectivity index (χ4n) is 3.09. The predicted molar refractivity (Wildman–Crippen MR) is 83.9 cm³/mol. The zero-order valence-electron chi connectivity index (χ0n) is 13.6. The van der Waals surface area contributed by atoms with Gasteiger partial charge < -0.3 is 38.6 Å². The molecule has 6 atom stereocenters. The molecule has 0 radical (unpaired) electrons. The lowest BCUT2D eigenvalue weighted by Gasteiger charge is -2.45. The van der Waals surface area contributed by atoms with E-state index in [-0.39, 0.29) is 13.4 Å². The molecule has 0 spiro atoms. The van der Waals surface area contributed by atoms with E-state index < -0.39 is 37.0 Å². The highest BCUT2D eigenvalue weighted by molar-refractivity contribution is 5.56. The van der Waals surface area contributed by atoms with Crippen molar-refractivity contribution in [1.82, 2.24) is 0 Å². The van der Waals surface area contributed by atoms with Gasteiger partial charge in [0.25, 0.3) is 0 Å². The van der Waals surface area contributed by atoms with E-state index in [2.05, 4.69) is 0 Å². The van der Waals surface area contributed by atoms with E-state index in [4.69, 9.17) is 28.4 Å². The van der Waals surface area contributed by atoms with Crippen molar-refractivity contribution >= 4 is 6.08 Å². The van der Waals surface area contributed by atoms with Gasteiger partial charge in [-0.15, -0.1) is 0 Å². The van der Waals surface area contributed by atoms with E-state index in [0.717, 1.165) is 5.56 Å². The highest BCUT2D eigenvalue weighted by Crippen LogP contribution is 2.33. The first kappa shape index (κ1) is 16.8. The van der Waals surface area contributed by atoms with Crippen molar-refractivity contribution in [2.45, 2.75) is 37.0 Å². The van der Waals surface area contributed by atoms with Crippen molar-refractivity contribution in [3.8, 4) is 11.5 Å². The molecule has 0 amide bonds. The molecule has 2 fully saturated rings. The molecule has 2 unspecified atom stereocenters. The van der Waals surface area contributed by atoms with E-state index in [1.54, 1.807) is 6.08 Å². The lowest BCUT2D eigenvalue weighted by molar-refractivity contribution is -0.347. The number of methoxy groups -OCH3 is 1. The molecule has 4 rings (SSSR count). The van der Waals surface area contributed by atoms with Crippen LogP contribution in [0, 0.1) is 0 Å². The van der Waals surface area contributed by atoms with Gasteiger partial charge in [-0.05, 0) is 23.8 Å². The van der Waals surface area contributed by atoms with Crippen LogP contribution in [-0.4, -0.2) is 67.7 Å². The zero-order chi connectivity index (χ0) is 17.4. The second-order valence-corrected chi connectivity index (χ2v) is 6.03.